The van der Waals surface area contributed by atoms with Crippen molar-refractivity contribution in [2.75, 3.05) is 0 Å². The van der Waals surface area contributed by atoms with Gasteiger partial charge in [0.15, 0.2) is 0 Å². The van der Waals surface area contributed by atoms with Crippen molar-refractivity contribution >= 4 is 0 Å². The summed E-state index contributed by atoms with van der Waals surface area (Å²) >= 11 is 0. The summed E-state index contributed by atoms with van der Waals surface area (Å²) in [6, 6.07) is 0. The van der Waals surface area contributed by atoms with Crippen LogP contribution >= 0.6 is 0 Å². The van der Waals surface area contributed by atoms with Crippen molar-refractivity contribution in [2.45, 2.75) is 50.6 Å². The van der Waals surface area contributed by atoms with Crippen molar-refractivity contribution in [3.05, 3.63) is 6.10 Å². The zero-order valence-electron chi connectivity index (χ0n) is 7.69. The minimum Gasteiger partial charge on any atom is -0.387 e. The Morgan fingerprint density at radius 2 is 2.00 bits per heavy atom. The molecule has 0 amide bonds. The predicted octanol–water partition coefficient (Wildman–Crippen LogP) is 2.24. The van der Waals surface area contributed by atoms with Crippen LogP contribution in [0.3, 0.4) is 0 Å². The zero-order chi connectivity index (χ0) is 10.1. The minimum atomic E-state index is -2.84. The van der Waals surface area contributed by atoms with E-state index in [-0.39, 0.29) is 31.8 Å². The van der Waals surface area contributed by atoms with Crippen molar-refractivity contribution in [3.63, 3.8) is 0 Å². The van der Waals surface area contributed by atoms with Crippen LogP contribution < -0.4 is 0 Å². The van der Waals surface area contributed by atoms with Crippen LogP contribution in [0.2, 0.25) is 0 Å². The number of halogens is 2. The van der Waals surface area contributed by atoms with Gasteiger partial charge >= 0.3 is 0 Å². The molecule has 1 radical (unpaired) electrons. The normalized spacial score (nSPS) is 33.7. The lowest BCUT2D eigenvalue weighted by Crippen LogP contribution is -2.45. The van der Waals surface area contributed by atoms with Gasteiger partial charge in [0.2, 0.25) is 0 Å². The maximum absolute atomic E-state index is 12.9. The Labute approximate surface area is 76.6 Å². The molecule has 0 aromatic rings. The molecule has 2 nitrogen and oxygen atoms in total. The van der Waals surface area contributed by atoms with Crippen LogP contribution in [0.15, 0.2) is 0 Å². The molecule has 1 atom stereocenters. The molecule has 0 heterocycles. The number of hydrogen-bond donors (Lipinski definition) is 2. The first-order valence-electron chi connectivity index (χ1n) is 4.55. The summed E-state index contributed by atoms with van der Waals surface area (Å²) in [5, 5.41) is 19.0. The highest BCUT2D eigenvalue weighted by Crippen LogP contribution is 2.43. The molecule has 13 heavy (non-hydrogen) atoms. The summed E-state index contributed by atoms with van der Waals surface area (Å²) in [4.78, 5) is 0. The topological polar surface area (TPSA) is 40.5 Å². The Balaban J connectivity index is 2.68. The van der Waals surface area contributed by atoms with Crippen LogP contribution in [-0.4, -0.2) is 21.7 Å². The summed E-state index contributed by atoms with van der Waals surface area (Å²) in [6.07, 6.45) is -0.319. The maximum atomic E-state index is 12.9. The average molecular weight is 193 g/mol. The maximum Gasteiger partial charge on any atom is 0.251 e. The van der Waals surface area contributed by atoms with Gasteiger partial charge < -0.3 is 10.2 Å². The summed E-state index contributed by atoms with van der Waals surface area (Å²) < 4.78 is 25.8. The Bertz CT molecular complexity index is 184. The number of rotatable bonds is 2. The Hall–Kier alpha value is -0.220. The summed E-state index contributed by atoms with van der Waals surface area (Å²) in [5.74, 6) is -2.84. The monoisotopic (exact) mass is 193 g/mol. The average Bonchev–Trinajstić information content (AvgIpc) is 2.00. The fraction of sp³-hybridized carbons (Fsp3) is 0.889. The van der Waals surface area contributed by atoms with E-state index in [0.29, 0.717) is 0 Å². The SMILES string of the molecule is CC[C](O)C1(O)CCCC(F)(F)C1. The second kappa shape index (κ2) is 3.50. The Kier molecular flexibility index (Phi) is 2.92. The van der Waals surface area contributed by atoms with E-state index in [4.69, 9.17) is 0 Å². The third kappa shape index (κ3) is 2.38. The van der Waals surface area contributed by atoms with Crippen LogP contribution in [-0.2, 0) is 0 Å². The molecule has 0 aromatic carbocycles. The lowest BCUT2D eigenvalue weighted by molar-refractivity contribution is -0.138. The second-order valence-corrected chi connectivity index (χ2v) is 3.72. The minimum absolute atomic E-state index is 0.188. The first kappa shape index (κ1) is 10.9. The van der Waals surface area contributed by atoms with Gasteiger partial charge in [-0.2, -0.15) is 0 Å². The predicted molar refractivity (Wildman–Crippen MR) is 43.8 cm³/mol. The van der Waals surface area contributed by atoms with Crippen molar-refractivity contribution in [2.24, 2.45) is 0 Å². The number of aliphatic hydroxyl groups is 2. The van der Waals surface area contributed by atoms with Crippen molar-refractivity contribution in [1.82, 2.24) is 0 Å². The molecule has 0 aromatic heterocycles. The summed E-state index contributed by atoms with van der Waals surface area (Å²) in [5.41, 5.74) is -1.66. The molecule has 1 fully saturated rings. The molecule has 1 aliphatic carbocycles. The molecule has 77 valence electrons. The molecule has 0 saturated heterocycles. The lowest BCUT2D eigenvalue weighted by Gasteiger charge is -2.38. The molecule has 1 aliphatic rings. The highest BCUT2D eigenvalue weighted by atomic mass is 19.3. The van der Waals surface area contributed by atoms with Crippen LogP contribution in [0.25, 0.3) is 0 Å². The fourth-order valence-corrected chi connectivity index (χ4v) is 1.82. The Morgan fingerprint density at radius 1 is 1.38 bits per heavy atom. The molecule has 1 saturated carbocycles. The van der Waals surface area contributed by atoms with Crippen LogP contribution in [0.5, 0.6) is 0 Å². The van der Waals surface area contributed by atoms with E-state index in [1.807, 2.05) is 0 Å². The molecule has 0 aliphatic heterocycles. The van der Waals surface area contributed by atoms with Crippen molar-refractivity contribution < 1.29 is 19.0 Å². The highest BCUT2D eigenvalue weighted by molar-refractivity contribution is 5.04. The van der Waals surface area contributed by atoms with E-state index in [1.54, 1.807) is 6.92 Å². The van der Waals surface area contributed by atoms with Crippen molar-refractivity contribution in [1.29, 1.82) is 0 Å². The molecule has 0 spiro atoms. The quantitative estimate of drug-likeness (QED) is 0.706. The van der Waals surface area contributed by atoms with Crippen LogP contribution in [0, 0.1) is 6.10 Å². The van der Waals surface area contributed by atoms with E-state index in [1.165, 1.54) is 0 Å². The number of hydrogen-bond acceptors (Lipinski definition) is 2. The van der Waals surface area contributed by atoms with Gasteiger partial charge in [-0.15, -0.1) is 0 Å². The summed E-state index contributed by atoms with van der Waals surface area (Å²) in [6.45, 7) is 1.64. The van der Waals surface area contributed by atoms with E-state index >= 15 is 0 Å². The van der Waals surface area contributed by atoms with E-state index in [0.717, 1.165) is 0 Å². The number of aliphatic hydroxyl groups excluding tert-OH is 1. The Morgan fingerprint density at radius 3 is 2.46 bits per heavy atom. The zero-order valence-corrected chi connectivity index (χ0v) is 7.69. The van der Waals surface area contributed by atoms with Gasteiger partial charge in [0, 0.05) is 12.8 Å². The standard InChI is InChI=1S/C9H15F2O2/c1-2-7(12)8(13)4-3-5-9(10,11)6-8/h12-13H,2-6H2,1H3. The van der Waals surface area contributed by atoms with Crippen LogP contribution in [0.1, 0.15) is 39.0 Å². The van der Waals surface area contributed by atoms with E-state index in [2.05, 4.69) is 0 Å². The molecule has 4 heteroatoms. The van der Waals surface area contributed by atoms with Gasteiger partial charge in [-0.1, -0.05) is 6.92 Å². The van der Waals surface area contributed by atoms with Gasteiger partial charge in [-0.05, 0) is 19.3 Å². The van der Waals surface area contributed by atoms with Gasteiger partial charge in [0.25, 0.3) is 5.92 Å². The van der Waals surface area contributed by atoms with E-state index in [9.17, 15) is 19.0 Å². The summed E-state index contributed by atoms with van der Waals surface area (Å²) in [7, 11) is 0. The molecule has 1 unspecified atom stereocenters. The molecule has 0 bridgehead atoms. The smallest absolute Gasteiger partial charge is 0.251 e. The van der Waals surface area contributed by atoms with Gasteiger partial charge in [0.05, 0.1) is 0 Å². The molecular formula is C9H15F2O2. The fourth-order valence-electron chi connectivity index (χ4n) is 1.82. The van der Waals surface area contributed by atoms with Crippen molar-refractivity contribution in [3.8, 4) is 0 Å². The first-order valence-corrected chi connectivity index (χ1v) is 4.55. The third-order valence-corrected chi connectivity index (χ3v) is 2.56. The molecule has 1 rings (SSSR count). The third-order valence-electron chi connectivity index (χ3n) is 2.56. The van der Waals surface area contributed by atoms with Gasteiger partial charge in [0.1, 0.15) is 11.7 Å². The molecule has 2 N–H and O–H groups in total. The van der Waals surface area contributed by atoms with Gasteiger partial charge in [-0.3, -0.25) is 0 Å². The van der Waals surface area contributed by atoms with E-state index < -0.39 is 17.9 Å². The van der Waals surface area contributed by atoms with Crippen LogP contribution in [0.4, 0.5) is 8.78 Å². The number of alkyl halides is 2. The largest absolute Gasteiger partial charge is 0.387 e. The van der Waals surface area contributed by atoms with Gasteiger partial charge in [-0.25, -0.2) is 8.78 Å². The highest BCUT2D eigenvalue weighted by Gasteiger charge is 2.48. The first-order chi connectivity index (χ1) is 5.90. The molecular weight excluding hydrogens is 178 g/mol. The lowest BCUT2D eigenvalue weighted by atomic mass is 9.78. The second-order valence-electron chi connectivity index (χ2n) is 3.72.